The first-order chi connectivity index (χ1) is 23.6. The molecule has 8 nitrogen and oxygen atoms in total. The molecule has 0 aliphatic carbocycles. The predicted octanol–water partition coefficient (Wildman–Crippen LogP) is 4.78. The topological polar surface area (TPSA) is 84.6 Å². The zero-order valence-electron chi connectivity index (χ0n) is 29.0. The molecule has 1 amide bonds. The van der Waals surface area contributed by atoms with Crippen LogP contribution >= 0.6 is 0 Å². The fourth-order valence-electron chi connectivity index (χ4n) is 6.76. The van der Waals surface area contributed by atoms with Crippen molar-refractivity contribution in [1.82, 2.24) is 4.57 Å². The summed E-state index contributed by atoms with van der Waals surface area (Å²) in [6.07, 6.45) is 11.0. The Labute approximate surface area is 303 Å². The van der Waals surface area contributed by atoms with E-state index in [2.05, 4.69) is 13.1 Å². The van der Waals surface area contributed by atoms with Gasteiger partial charge in [-0.25, -0.2) is 8.78 Å². The smallest absolute Gasteiger partial charge is 0.263 e. The number of fused-ring (bicyclic) bond motifs is 1. The van der Waals surface area contributed by atoms with Crippen molar-refractivity contribution in [3.8, 4) is 23.3 Å². The van der Waals surface area contributed by atoms with Gasteiger partial charge in [0.2, 0.25) is 5.43 Å². The molecule has 0 saturated carbocycles. The molecule has 1 aromatic heterocycles. The minimum atomic E-state index is -0.839. The maximum atomic E-state index is 14.1. The second kappa shape index (κ2) is 17.6. The van der Waals surface area contributed by atoms with Gasteiger partial charge in [-0.05, 0) is 81.8 Å². The first kappa shape index (κ1) is 38.5. The first-order valence-electron chi connectivity index (χ1n) is 17.2. The maximum Gasteiger partial charge on any atom is 0.263 e. The average molecular weight is 752 g/mol. The monoisotopic (exact) mass is 750 g/mol. The third-order valence-corrected chi connectivity index (χ3v) is 9.47. The molecule has 11 heteroatoms. The van der Waals surface area contributed by atoms with Crippen molar-refractivity contribution in [1.29, 1.82) is 5.26 Å². The van der Waals surface area contributed by atoms with E-state index in [0.29, 0.717) is 34.9 Å². The third-order valence-electron chi connectivity index (χ3n) is 9.47. The number of hydrogen-bond donors (Lipinski definition) is 0. The fraction of sp³-hybridized carbons (Fsp3) is 0.410. The van der Waals surface area contributed by atoms with E-state index >= 15 is 0 Å². The fourth-order valence-corrected chi connectivity index (χ4v) is 6.76. The van der Waals surface area contributed by atoms with Gasteiger partial charge in [-0.15, -0.1) is 0 Å². The summed E-state index contributed by atoms with van der Waals surface area (Å²) in [4.78, 5) is 28.9. The van der Waals surface area contributed by atoms with Gasteiger partial charge in [-0.3, -0.25) is 9.59 Å². The molecule has 0 radical (unpaired) electrons. The summed E-state index contributed by atoms with van der Waals surface area (Å²) in [6.45, 7) is 6.09. The van der Waals surface area contributed by atoms with Gasteiger partial charge in [0.1, 0.15) is 28.7 Å². The highest BCUT2D eigenvalue weighted by Gasteiger charge is 2.25. The molecule has 0 unspecified atom stereocenters. The van der Waals surface area contributed by atoms with Crippen molar-refractivity contribution >= 4 is 22.5 Å². The number of ether oxygens (including phenoxy) is 2. The summed E-state index contributed by atoms with van der Waals surface area (Å²) >= 11 is 0. The van der Waals surface area contributed by atoms with E-state index in [1.807, 2.05) is 0 Å². The van der Waals surface area contributed by atoms with Crippen LogP contribution in [0.15, 0.2) is 65.6 Å². The SMILES string of the molecule is CCN(C(=O)c1cn(-c2cc(C#N)cc(OC)c2)c2cc(OCCCCCCC[N+]3(C)CCCCC3)ccc2c1=O)c1cc(F)cc(F)c1.[Br-]. The lowest BCUT2D eigenvalue weighted by molar-refractivity contribution is -0.914. The van der Waals surface area contributed by atoms with E-state index in [9.17, 15) is 23.6 Å². The van der Waals surface area contributed by atoms with Crippen LogP contribution in [0.1, 0.15) is 74.2 Å². The number of nitrogens with zero attached hydrogens (tertiary/aromatic N) is 4. The van der Waals surface area contributed by atoms with E-state index in [0.717, 1.165) is 42.4 Å². The lowest BCUT2D eigenvalue weighted by Crippen LogP contribution is -3.00. The van der Waals surface area contributed by atoms with Crippen molar-refractivity contribution in [3.63, 3.8) is 0 Å². The Bertz CT molecular complexity index is 1880. The number of anilines is 1. The Kier molecular flexibility index (Phi) is 13.6. The number of rotatable bonds is 14. The summed E-state index contributed by atoms with van der Waals surface area (Å²) < 4.78 is 42.6. The molecule has 3 aromatic carbocycles. The minimum Gasteiger partial charge on any atom is -1.00 e. The quantitative estimate of drug-likeness (QED) is 0.137. The summed E-state index contributed by atoms with van der Waals surface area (Å²) in [5.74, 6) is -1.42. The summed E-state index contributed by atoms with van der Waals surface area (Å²) in [6, 6.07) is 14.9. The predicted molar refractivity (Wildman–Crippen MR) is 188 cm³/mol. The Balaban J connectivity index is 0.00000562. The number of halogens is 3. The molecule has 1 fully saturated rings. The first-order valence-corrected chi connectivity index (χ1v) is 17.2. The highest BCUT2D eigenvalue weighted by atomic mass is 79.9. The van der Waals surface area contributed by atoms with Crippen molar-refractivity contribution < 1.29 is 44.5 Å². The van der Waals surface area contributed by atoms with Crippen molar-refractivity contribution in [2.24, 2.45) is 0 Å². The normalized spacial score (nSPS) is 13.7. The maximum absolute atomic E-state index is 14.1. The van der Waals surface area contributed by atoms with Crippen LogP contribution in [0.2, 0.25) is 0 Å². The number of carbonyl (C=O) groups excluding carboxylic acids is 1. The van der Waals surface area contributed by atoms with Gasteiger partial charge in [0, 0.05) is 42.0 Å². The molecule has 5 rings (SSSR count). The number of aromatic nitrogens is 1. The number of piperidine rings is 1. The molecule has 4 aromatic rings. The molecule has 1 aliphatic rings. The van der Waals surface area contributed by atoms with Gasteiger partial charge < -0.3 is 40.4 Å². The number of unbranched alkanes of at least 4 members (excludes halogenated alkanes) is 4. The van der Waals surface area contributed by atoms with Gasteiger partial charge in [-0.1, -0.05) is 12.8 Å². The number of quaternary nitrogens is 1. The standard InChI is InChI=1S/C39H45F2N4O4.BrH/c1-4-43(32-22-29(40)21-30(41)23-32)39(47)36-27-44(31-19-28(26-42)20-34(24-31)48-3)37-25-33(13-14-35(37)38(36)46)49-18-12-7-5-6-9-15-45(2)16-10-8-11-17-45;/h13-14,19-25,27H,4-12,15-18H2,1-3H3;1H/q+1;/p-1. The molecular weight excluding hydrogens is 706 g/mol. The van der Waals surface area contributed by atoms with Crippen molar-refractivity contribution in [2.45, 2.75) is 58.3 Å². The third kappa shape index (κ3) is 9.29. The molecule has 0 N–H and O–H groups in total. The Morgan fingerprint density at radius 2 is 1.64 bits per heavy atom. The van der Waals surface area contributed by atoms with Crippen LogP contribution in [0.25, 0.3) is 16.6 Å². The van der Waals surface area contributed by atoms with Gasteiger partial charge >= 0.3 is 0 Å². The van der Waals surface area contributed by atoms with Crippen LogP contribution in [-0.4, -0.2) is 61.9 Å². The highest BCUT2D eigenvalue weighted by molar-refractivity contribution is 6.07. The zero-order chi connectivity index (χ0) is 35.0. The van der Waals surface area contributed by atoms with Crippen LogP contribution < -0.4 is 36.8 Å². The Morgan fingerprint density at radius 1 is 0.940 bits per heavy atom. The number of likely N-dealkylation sites (tertiary alicyclic amines) is 1. The largest absolute Gasteiger partial charge is 1.00 e. The summed E-state index contributed by atoms with van der Waals surface area (Å²) in [7, 11) is 3.87. The van der Waals surface area contributed by atoms with Gasteiger partial charge in [0.05, 0.1) is 63.2 Å². The highest BCUT2D eigenvalue weighted by Crippen LogP contribution is 2.28. The van der Waals surface area contributed by atoms with Crippen LogP contribution in [0.5, 0.6) is 11.5 Å². The molecule has 50 heavy (non-hydrogen) atoms. The molecule has 266 valence electrons. The molecule has 2 heterocycles. The second-order valence-corrected chi connectivity index (χ2v) is 13.1. The molecular formula is C39H45BrF2N4O4. The van der Waals surface area contributed by atoms with Crippen LogP contribution in [0, 0.1) is 23.0 Å². The van der Waals surface area contributed by atoms with E-state index in [1.165, 1.54) is 69.5 Å². The number of nitriles is 1. The molecule has 0 bridgehead atoms. The molecule has 0 atom stereocenters. The average Bonchev–Trinajstić information content (AvgIpc) is 3.09. The number of amides is 1. The Hall–Kier alpha value is -4.27. The van der Waals surface area contributed by atoms with Gasteiger partial charge in [0.25, 0.3) is 5.91 Å². The van der Waals surface area contributed by atoms with Gasteiger partial charge in [-0.2, -0.15) is 5.26 Å². The number of hydrogen-bond acceptors (Lipinski definition) is 5. The molecule has 1 aliphatic heterocycles. The van der Waals surface area contributed by atoms with Crippen LogP contribution in [-0.2, 0) is 0 Å². The Morgan fingerprint density at radius 3 is 2.32 bits per heavy atom. The summed E-state index contributed by atoms with van der Waals surface area (Å²) in [5.41, 5.74) is 0.509. The minimum absolute atomic E-state index is 0. The number of carbonyl (C=O) groups is 1. The summed E-state index contributed by atoms with van der Waals surface area (Å²) in [5, 5.41) is 9.94. The van der Waals surface area contributed by atoms with Crippen LogP contribution in [0.4, 0.5) is 14.5 Å². The lowest BCUT2D eigenvalue weighted by Gasteiger charge is -2.37. The van der Waals surface area contributed by atoms with Crippen molar-refractivity contribution in [2.75, 3.05) is 51.8 Å². The van der Waals surface area contributed by atoms with Gasteiger partial charge in [0.15, 0.2) is 0 Å². The van der Waals surface area contributed by atoms with Crippen LogP contribution in [0.3, 0.4) is 0 Å². The van der Waals surface area contributed by atoms with E-state index in [4.69, 9.17) is 9.47 Å². The number of benzene rings is 3. The second-order valence-electron chi connectivity index (χ2n) is 13.1. The van der Waals surface area contributed by atoms with E-state index in [1.54, 1.807) is 47.9 Å². The zero-order valence-corrected chi connectivity index (χ0v) is 30.6. The number of pyridine rings is 1. The van der Waals surface area contributed by atoms with E-state index in [-0.39, 0.29) is 40.2 Å². The lowest BCUT2D eigenvalue weighted by atomic mass is 10.1. The number of methoxy groups -OCH3 is 1. The molecule has 0 spiro atoms. The van der Waals surface area contributed by atoms with Crippen molar-refractivity contribution in [3.05, 3.63) is 93.8 Å². The van der Waals surface area contributed by atoms with E-state index < -0.39 is 23.0 Å². The molecule has 1 saturated heterocycles.